The second kappa shape index (κ2) is 6.10. The summed E-state index contributed by atoms with van der Waals surface area (Å²) in [5.74, 6) is -0.171. The zero-order valence-electron chi connectivity index (χ0n) is 10.2. The van der Waals surface area contributed by atoms with Crippen molar-refractivity contribution in [1.82, 2.24) is 4.31 Å². The van der Waals surface area contributed by atoms with E-state index in [1.807, 2.05) is 0 Å². The van der Waals surface area contributed by atoms with E-state index in [-0.39, 0.29) is 10.7 Å². The first kappa shape index (κ1) is 14.8. The van der Waals surface area contributed by atoms with Gasteiger partial charge in [-0.2, -0.15) is 14.8 Å². The second-order valence-electron chi connectivity index (χ2n) is 3.67. The van der Waals surface area contributed by atoms with Crippen molar-refractivity contribution < 1.29 is 13.2 Å². The molecular weight excluding hydrogens is 266 g/mol. The first-order valence-corrected chi connectivity index (χ1v) is 6.72. The summed E-state index contributed by atoms with van der Waals surface area (Å²) in [6, 6.07) is 8.76. The minimum atomic E-state index is -3.89. The van der Waals surface area contributed by atoms with Crippen LogP contribution in [0.1, 0.15) is 17.3 Å². The first-order valence-electron chi connectivity index (χ1n) is 5.28. The topological polar surface area (TPSA) is 102 Å². The number of nitriles is 2. The predicted molar refractivity (Wildman–Crippen MR) is 66.4 cm³/mol. The lowest BCUT2D eigenvalue weighted by molar-refractivity contribution is 0.101. The molecule has 1 rings (SSSR count). The van der Waals surface area contributed by atoms with Gasteiger partial charge >= 0.3 is 0 Å². The Morgan fingerprint density at radius 3 is 2.00 bits per heavy atom. The largest absolute Gasteiger partial charge is 0.295 e. The summed E-state index contributed by atoms with van der Waals surface area (Å²) in [4.78, 5) is 11.0. The van der Waals surface area contributed by atoms with E-state index >= 15 is 0 Å². The Kier molecular flexibility index (Phi) is 4.76. The van der Waals surface area contributed by atoms with Gasteiger partial charge < -0.3 is 0 Å². The average molecular weight is 277 g/mol. The number of carbonyl (C=O) groups excluding carboxylic acids is 1. The van der Waals surface area contributed by atoms with Crippen LogP contribution in [0.2, 0.25) is 0 Å². The Morgan fingerprint density at radius 2 is 1.63 bits per heavy atom. The molecule has 0 saturated carbocycles. The van der Waals surface area contributed by atoms with Crippen LogP contribution in [-0.4, -0.2) is 31.6 Å². The Bertz CT molecular complexity index is 635. The lowest BCUT2D eigenvalue weighted by Gasteiger charge is -2.15. The number of nitrogens with zero attached hydrogens (tertiary/aromatic N) is 3. The summed E-state index contributed by atoms with van der Waals surface area (Å²) in [6.07, 6.45) is 0. The fourth-order valence-corrected chi connectivity index (χ4v) is 2.63. The lowest BCUT2D eigenvalue weighted by atomic mass is 10.2. The number of Topliss-reactive ketones (excluding diaryl/α,β-unsaturated/α-hetero) is 1. The molecule has 0 fully saturated rings. The van der Waals surface area contributed by atoms with Crippen LogP contribution in [0.15, 0.2) is 29.2 Å². The zero-order chi connectivity index (χ0) is 14.5. The Morgan fingerprint density at radius 1 is 1.16 bits per heavy atom. The first-order chi connectivity index (χ1) is 8.93. The molecule has 1 aromatic rings. The normalized spacial score (nSPS) is 10.7. The molecule has 7 heteroatoms. The van der Waals surface area contributed by atoms with E-state index in [0.717, 1.165) is 4.31 Å². The molecule has 0 aliphatic rings. The standard InChI is InChI=1S/C12H11N3O3S/c1-10(16)11-2-4-12(5-3-11)19(17,18)15(8-6-13)9-7-14/h2-5H,8-9H2,1H3. The molecule has 6 nitrogen and oxygen atoms in total. The molecule has 0 saturated heterocycles. The van der Waals surface area contributed by atoms with Crippen molar-refractivity contribution in [2.24, 2.45) is 0 Å². The van der Waals surface area contributed by atoms with E-state index in [9.17, 15) is 13.2 Å². The van der Waals surface area contributed by atoms with Crippen molar-refractivity contribution in [3.63, 3.8) is 0 Å². The van der Waals surface area contributed by atoms with Crippen molar-refractivity contribution in [3.05, 3.63) is 29.8 Å². The molecular formula is C12H11N3O3S. The molecule has 0 bridgehead atoms. The van der Waals surface area contributed by atoms with Crippen molar-refractivity contribution in [3.8, 4) is 12.1 Å². The SMILES string of the molecule is CC(=O)c1ccc(S(=O)(=O)N(CC#N)CC#N)cc1. The number of benzene rings is 1. The van der Waals surface area contributed by atoms with Crippen LogP contribution >= 0.6 is 0 Å². The van der Waals surface area contributed by atoms with Crippen molar-refractivity contribution >= 4 is 15.8 Å². The molecule has 0 unspecified atom stereocenters. The highest BCUT2D eigenvalue weighted by Gasteiger charge is 2.24. The number of hydrogen-bond donors (Lipinski definition) is 0. The molecule has 0 aliphatic carbocycles. The number of carbonyl (C=O) groups is 1. The molecule has 0 radical (unpaired) electrons. The molecule has 0 spiro atoms. The summed E-state index contributed by atoms with van der Waals surface area (Å²) < 4.78 is 25.0. The average Bonchev–Trinajstić information content (AvgIpc) is 2.38. The number of ketones is 1. The maximum Gasteiger partial charge on any atom is 0.244 e. The van der Waals surface area contributed by atoms with Gasteiger partial charge in [0.25, 0.3) is 0 Å². The summed E-state index contributed by atoms with van der Waals surface area (Å²) >= 11 is 0. The van der Waals surface area contributed by atoms with Crippen LogP contribution in [0.25, 0.3) is 0 Å². The van der Waals surface area contributed by atoms with E-state index in [1.165, 1.54) is 31.2 Å². The third-order valence-electron chi connectivity index (χ3n) is 2.39. The number of rotatable bonds is 5. The van der Waals surface area contributed by atoms with E-state index in [1.54, 1.807) is 12.1 Å². The van der Waals surface area contributed by atoms with Crippen LogP contribution < -0.4 is 0 Å². The molecule has 0 amide bonds. The summed E-state index contributed by atoms with van der Waals surface area (Å²) in [6.45, 7) is 0.579. The van der Waals surface area contributed by atoms with Crippen molar-refractivity contribution in [2.75, 3.05) is 13.1 Å². The van der Waals surface area contributed by atoms with Gasteiger partial charge in [0.15, 0.2) is 5.78 Å². The smallest absolute Gasteiger partial charge is 0.244 e. The van der Waals surface area contributed by atoms with Crippen LogP contribution in [0, 0.1) is 22.7 Å². The Hall–Kier alpha value is -2.22. The maximum atomic E-state index is 12.1. The molecule has 19 heavy (non-hydrogen) atoms. The third-order valence-corrected chi connectivity index (χ3v) is 4.20. The van der Waals surface area contributed by atoms with Gasteiger partial charge in [-0.1, -0.05) is 12.1 Å². The summed E-state index contributed by atoms with van der Waals surface area (Å²) in [7, 11) is -3.89. The van der Waals surface area contributed by atoms with Crippen molar-refractivity contribution in [1.29, 1.82) is 10.5 Å². The van der Waals surface area contributed by atoms with Gasteiger partial charge in [0.05, 0.1) is 17.0 Å². The number of hydrogen-bond acceptors (Lipinski definition) is 5. The Labute approximate surface area is 111 Å². The highest BCUT2D eigenvalue weighted by molar-refractivity contribution is 7.89. The fourth-order valence-electron chi connectivity index (χ4n) is 1.39. The van der Waals surface area contributed by atoms with E-state index < -0.39 is 23.1 Å². The molecule has 0 heterocycles. The van der Waals surface area contributed by atoms with Crippen LogP contribution in [0.5, 0.6) is 0 Å². The Balaban J connectivity index is 3.15. The minimum absolute atomic E-state index is 0.0528. The van der Waals surface area contributed by atoms with E-state index in [0.29, 0.717) is 5.56 Å². The third kappa shape index (κ3) is 3.38. The summed E-state index contributed by atoms with van der Waals surface area (Å²) in [5.41, 5.74) is 0.395. The van der Waals surface area contributed by atoms with Gasteiger partial charge in [-0.25, -0.2) is 8.42 Å². The molecule has 98 valence electrons. The molecule has 0 N–H and O–H groups in total. The van der Waals surface area contributed by atoms with Gasteiger partial charge in [0, 0.05) is 5.56 Å². The minimum Gasteiger partial charge on any atom is -0.295 e. The predicted octanol–water partition coefficient (Wildman–Crippen LogP) is 0.927. The van der Waals surface area contributed by atoms with Gasteiger partial charge in [-0.05, 0) is 19.1 Å². The molecule has 0 aliphatic heterocycles. The van der Waals surface area contributed by atoms with Gasteiger partial charge in [-0.3, -0.25) is 4.79 Å². The molecule has 0 aromatic heterocycles. The zero-order valence-corrected chi connectivity index (χ0v) is 11.0. The summed E-state index contributed by atoms with van der Waals surface area (Å²) in [5, 5.41) is 17.2. The molecule has 0 atom stereocenters. The second-order valence-corrected chi connectivity index (χ2v) is 5.61. The van der Waals surface area contributed by atoms with Crippen molar-refractivity contribution in [2.45, 2.75) is 11.8 Å². The fraction of sp³-hybridized carbons (Fsp3) is 0.250. The van der Waals surface area contributed by atoms with E-state index in [4.69, 9.17) is 10.5 Å². The van der Waals surface area contributed by atoms with Crippen LogP contribution in [0.4, 0.5) is 0 Å². The van der Waals surface area contributed by atoms with Gasteiger partial charge in [0.1, 0.15) is 13.1 Å². The van der Waals surface area contributed by atoms with Gasteiger partial charge in [0.2, 0.25) is 10.0 Å². The highest BCUT2D eigenvalue weighted by atomic mass is 32.2. The van der Waals surface area contributed by atoms with E-state index in [2.05, 4.69) is 0 Å². The van der Waals surface area contributed by atoms with Gasteiger partial charge in [-0.15, -0.1) is 0 Å². The highest BCUT2D eigenvalue weighted by Crippen LogP contribution is 2.16. The monoisotopic (exact) mass is 277 g/mol. The lowest BCUT2D eigenvalue weighted by Crippen LogP contribution is -2.31. The van der Waals surface area contributed by atoms with Crippen LogP contribution in [0.3, 0.4) is 0 Å². The maximum absolute atomic E-state index is 12.1. The molecule has 1 aromatic carbocycles. The quantitative estimate of drug-likeness (QED) is 0.588. The number of sulfonamides is 1. The van der Waals surface area contributed by atoms with Crippen LogP contribution in [-0.2, 0) is 10.0 Å².